The van der Waals surface area contributed by atoms with E-state index in [0.29, 0.717) is 19.2 Å². The number of nitrogens with zero attached hydrogens (tertiary/aromatic N) is 1. The van der Waals surface area contributed by atoms with Crippen LogP contribution in [0, 0.1) is 32.3 Å². The number of hydrogen-bond acceptors (Lipinski definition) is 11. The number of anilines is 2. The highest BCUT2D eigenvalue weighted by Crippen LogP contribution is 2.38. The molecule has 4 N–H and O–H groups in total. The number of esters is 3. The van der Waals surface area contributed by atoms with E-state index in [1.165, 1.54) is 25.9 Å². The van der Waals surface area contributed by atoms with Gasteiger partial charge in [0, 0.05) is 34.0 Å². The molecule has 2 rings (SSSR count). The van der Waals surface area contributed by atoms with E-state index in [2.05, 4.69) is 21.3 Å². The monoisotopic (exact) mass is 1510 g/mol. The van der Waals surface area contributed by atoms with Crippen LogP contribution < -0.4 is 26.2 Å². The number of ether oxygens (including phenoxy) is 3. The minimum absolute atomic E-state index is 0.0229. The van der Waals surface area contributed by atoms with Gasteiger partial charge in [0.15, 0.2) is 0 Å². The first-order valence-corrected chi connectivity index (χ1v) is 24.1. The van der Waals surface area contributed by atoms with E-state index in [1.54, 1.807) is 57.2 Å². The average molecular weight is 1520 g/mol. The number of alkyl halides is 1. The topological polar surface area (TPSA) is 216 Å². The predicted molar refractivity (Wildman–Crippen MR) is 271 cm³/mol. The summed E-state index contributed by atoms with van der Waals surface area (Å²) < 4.78 is 17.4. The molecular weight excluding hydrogens is 1480 g/mol. The Hall–Kier alpha value is -1.13. The molecule has 16 nitrogen and oxygen atoms in total. The van der Waals surface area contributed by atoms with Gasteiger partial charge in [-0.25, -0.2) is 4.79 Å². The maximum Gasteiger partial charge on any atom is 0.343 e. The molecule has 0 unspecified atom stereocenters. The Morgan fingerprint density at radius 1 is 0.678 bits per heavy atom. The molecule has 0 fully saturated rings. The van der Waals surface area contributed by atoms with Crippen LogP contribution >= 0.6 is 147 Å². The van der Waals surface area contributed by atoms with Crippen molar-refractivity contribution in [2.45, 2.75) is 48.0 Å². The Bertz CT molecular complexity index is 2060. The number of carbonyl (C=O) groups excluding carboxylic acids is 8. The van der Waals surface area contributed by atoms with Gasteiger partial charge in [-0.1, -0.05) is 0 Å². The molecule has 0 aliphatic carbocycles. The number of amides is 5. The van der Waals surface area contributed by atoms with Crippen LogP contribution in [0.15, 0.2) is 0 Å². The van der Waals surface area contributed by atoms with Crippen LogP contribution in [-0.2, 0) is 33.4 Å². The maximum absolute atomic E-state index is 13.8. The van der Waals surface area contributed by atoms with E-state index in [9.17, 15) is 38.4 Å². The Kier molecular flexibility index (Phi) is 21.5. The van der Waals surface area contributed by atoms with Gasteiger partial charge in [0.1, 0.15) is 6.61 Å². The smallest absolute Gasteiger partial charge is 0.343 e. The van der Waals surface area contributed by atoms with Crippen molar-refractivity contribution in [2.24, 2.45) is 10.8 Å². The third-order valence-electron chi connectivity index (χ3n) is 8.09. The number of halogens is 7. The van der Waals surface area contributed by atoms with Gasteiger partial charge < -0.3 is 40.4 Å². The third kappa shape index (κ3) is 13.9. The highest BCUT2D eigenvalue weighted by molar-refractivity contribution is 14.1. The summed E-state index contributed by atoms with van der Waals surface area (Å²) in [5.74, 6) is -4.82. The minimum Gasteiger partial charge on any atom is -0.463 e. The summed E-state index contributed by atoms with van der Waals surface area (Å²) in [7, 11) is 2.95. The molecule has 5 amide bonds. The summed E-state index contributed by atoms with van der Waals surface area (Å²) >= 11 is 17.0. The van der Waals surface area contributed by atoms with Gasteiger partial charge in [0.25, 0.3) is 17.7 Å². The SMILES string of the molecule is CNC(=O)c1c(I)c(C(=O)NCC(=O)Nc2c(I)c(C(=O)NCCOC(=O)C(C)(C)CCCl)c(I)c(C(=O)OCOC(=O)C(C)(C)C)c2I)c(I)c(N(C)C(C)=O)c1I. The van der Waals surface area contributed by atoms with Crippen molar-refractivity contribution in [3.63, 3.8) is 0 Å². The summed E-state index contributed by atoms with van der Waals surface area (Å²) in [6.07, 6.45) is 0.383. The first kappa shape index (κ1) is 54.0. The standard InChI is InChI=1S/C36H40ClI6N5O11/c1-15(49)48(8)28-25(42)18(29(51)44-7)21(38)19(26(28)43)31(53)46-13-16(50)47-27-23(40)17(30(52)45-11-12-57-34(56)36(5,6)9-10-37)22(39)20(24(27)41)32(54)58-14-59-33(55)35(2,3)4/h9-14H2,1-8H3,(H,44,51)(H,45,52)(H,46,53)(H,47,50). The lowest BCUT2D eigenvalue weighted by Crippen LogP contribution is -2.36. The lowest BCUT2D eigenvalue weighted by atomic mass is 9.90. The fraction of sp³-hybridized carbons (Fsp3) is 0.444. The quantitative estimate of drug-likeness (QED) is 0.0459. The first-order chi connectivity index (χ1) is 27.3. The van der Waals surface area contributed by atoms with Gasteiger partial charge in [-0.3, -0.25) is 33.6 Å². The Labute approximate surface area is 428 Å². The van der Waals surface area contributed by atoms with Gasteiger partial charge in [0.05, 0.1) is 71.8 Å². The molecule has 0 saturated heterocycles. The number of carbonyl (C=O) groups is 8. The van der Waals surface area contributed by atoms with E-state index in [0.717, 1.165) is 0 Å². The van der Waals surface area contributed by atoms with Crippen LogP contribution in [0.3, 0.4) is 0 Å². The molecule has 0 radical (unpaired) electrons. The Balaban J connectivity index is 2.52. The van der Waals surface area contributed by atoms with Gasteiger partial charge in [-0.15, -0.1) is 11.6 Å². The molecule has 0 atom stereocenters. The molecule has 0 aliphatic rings. The van der Waals surface area contributed by atoms with Crippen molar-refractivity contribution in [3.05, 3.63) is 43.7 Å². The van der Waals surface area contributed by atoms with Crippen molar-refractivity contribution in [3.8, 4) is 0 Å². The Morgan fingerprint density at radius 3 is 1.71 bits per heavy atom. The lowest BCUT2D eigenvalue weighted by molar-refractivity contribution is -0.161. The molecular formula is C36H40ClI6N5O11. The zero-order valence-electron chi connectivity index (χ0n) is 32.8. The number of nitrogens with one attached hydrogen (secondary N) is 4. The lowest BCUT2D eigenvalue weighted by Gasteiger charge is -2.24. The van der Waals surface area contributed by atoms with Crippen LogP contribution in [0.1, 0.15) is 89.4 Å². The third-order valence-corrected chi connectivity index (χ3v) is 14.7. The molecule has 0 heterocycles. The second kappa shape index (κ2) is 23.5. The van der Waals surface area contributed by atoms with Crippen molar-refractivity contribution in [2.75, 3.05) is 56.7 Å². The van der Waals surface area contributed by atoms with Crippen molar-refractivity contribution in [1.82, 2.24) is 16.0 Å². The molecule has 2 aromatic carbocycles. The van der Waals surface area contributed by atoms with Crippen LogP contribution in [-0.4, -0.2) is 93.9 Å². The van der Waals surface area contributed by atoms with E-state index in [-0.39, 0.29) is 67.2 Å². The van der Waals surface area contributed by atoms with E-state index < -0.39 is 65.7 Å². The number of rotatable bonds is 16. The Morgan fingerprint density at radius 2 is 1.19 bits per heavy atom. The van der Waals surface area contributed by atoms with Crippen LogP contribution in [0.4, 0.5) is 11.4 Å². The van der Waals surface area contributed by atoms with Gasteiger partial charge in [-0.2, -0.15) is 0 Å². The molecule has 0 saturated carbocycles. The maximum atomic E-state index is 13.8. The van der Waals surface area contributed by atoms with Crippen LogP contribution in [0.5, 0.6) is 0 Å². The van der Waals surface area contributed by atoms with Crippen molar-refractivity contribution in [1.29, 1.82) is 0 Å². The second-order valence-electron chi connectivity index (χ2n) is 13.9. The summed E-state index contributed by atoms with van der Waals surface area (Å²) in [6.45, 7) is 8.01. The first-order valence-electron chi connectivity index (χ1n) is 17.1. The predicted octanol–water partition coefficient (Wildman–Crippen LogP) is 6.66. The van der Waals surface area contributed by atoms with Crippen LogP contribution in [0.2, 0.25) is 0 Å². The summed E-state index contributed by atoms with van der Waals surface area (Å²) in [4.78, 5) is 106. The van der Waals surface area contributed by atoms with E-state index >= 15 is 0 Å². The molecule has 0 aliphatic heterocycles. The van der Waals surface area contributed by atoms with Gasteiger partial charge in [0.2, 0.25) is 18.6 Å². The largest absolute Gasteiger partial charge is 0.463 e. The van der Waals surface area contributed by atoms with Gasteiger partial charge in [-0.05, 0) is 177 Å². The molecule has 0 spiro atoms. The van der Waals surface area contributed by atoms with Gasteiger partial charge >= 0.3 is 17.9 Å². The van der Waals surface area contributed by atoms with E-state index in [1.807, 2.05) is 113 Å². The molecule has 0 bridgehead atoms. The average Bonchev–Trinajstić information content (AvgIpc) is 3.13. The highest BCUT2D eigenvalue weighted by Gasteiger charge is 2.33. The van der Waals surface area contributed by atoms with E-state index in [4.69, 9.17) is 25.8 Å². The number of hydrogen-bond donors (Lipinski definition) is 4. The zero-order chi connectivity index (χ0) is 45.3. The van der Waals surface area contributed by atoms with Crippen molar-refractivity contribution >= 4 is 206 Å². The summed E-state index contributed by atoms with van der Waals surface area (Å²) in [5.41, 5.74) is -1.26. The molecule has 59 heavy (non-hydrogen) atoms. The summed E-state index contributed by atoms with van der Waals surface area (Å²) in [5, 5.41) is 10.5. The minimum atomic E-state index is -0.966. The molecule has 0 aromatic heterocycles. The fourth-order valence-corrected chi connectivity index (χ4v) is 14.3. The normalized spacial score (nSPS) is 11.2. The van der Waals surface area contributed by atoms with Crippen LogP contribution in [0.25, 0.3) is 0 Å². The second-order valence-corrected chi connectivity index (χ2v) is 20.8. The summed E-state index contributed by atoms with van der Waals surface area (Å²) in [6, 6.07) is 0. The molecule has 2 aromatic rings. The fourth-order valence-electron chi connectivity index (χ4n) is 4.57. The molecule has 23 heteroatoms. The zero-order valence-corrected chi connectivity index (χ0v) is 46.5. The highest BCUT2D eigenvalue weighted by atomic mass is 127. The van der Waals surface area contributed by atoms with Crippen molar-refractivity contribution < 1.29 is 52.6 Å². The molecule has 324 valence electrons. The number of benzene rings is 2.